The molecular weight excluding hydrogens is 316 g/mol. The summed E-state index contributed by atoms with van der Waals surface area (Å²) in [6.45, 7) is 3.85. The molecule has 1 aromatic heterocycles. The van der Waals surface area contributed by atoms with Crippen LogP contribution in [0.4, 0.5) is 11.4 Å². The Morgan fingerprint density at radius 2 is 1.64 bits per heavy atom. The number of hydrogen-bond donors (Lipinski definition) is 2. The van der Waals surface area contributed by atoms with Crippen molar-refractivity contribution < 1.29 is 14.0 Å². The van der Waals surface area contributed by atoms with Crippen molar-refractivity contribution >= 4 is 23.2 Å². The molecule has 0 saturated carbocycles. The fraction of sp³-hybridized carbons (Fsp3) is 0.100. The minimum absolute atomic E-state index is 0.217. The number of furan rings is 1. The van der Waals surface area contributed by atoms with Gasteiger partial charge in [-0.3, -0.25) is 9.59 Å². The second-order valence-corrected chi connectivity index (χ2v) is 5.78. The van der Waals surface area contributed by atoms with Gasteiger partial charge >= 0.3 is 0 Å². The number of benzene rings is 2. The first-order valence-corrected chi connectivity index (χ1v) is 7.86. The Kier molecular flexibility index (Phi) is 4.66. The summed E-state index contributed by atoms with van der Waals surface area (Å²) in [5, 5.41) is 5.61. The minimum Gasteiger partial charge on any atom is -0.459 e. The van der Waals surface area contributed by atoms with Crippen molar-refractivity contribution in [1.82, 2.24) is 0 Å². The van der Waals surface area contributed by atoms with Crippen LogP contribution in [0.25, 0.3) is 0 Å². The van der Waals surface area contributed by atoms with Gasteiger partial charge in [-0.25, -0.2) is 0 Å². The van der Waals surface area contributed by atoms with Crippen LogP contribution < -0.4 is 10.6 Å². The normalized spacial score (nSPS) is 10.3. The van der Waals surface area contributed by atoms with Crippen LogP contribution in [0.3, 0.4) is 0 Å². The minimum atomic E-state index is -0.357. The quantitative estimate of drug-likeness (QED) is 0.743. The van der Waals surface area contributed by atoms with Crippen LogP contribution in [-0.2, 0) is 0 Å². The van der Waals surface area contributed by atoms with E-state index in [4.69, 9.17) is 4.42 Å². The molecular formula is C20H18N2O3. The summed E-state index contributed by atoms with van der Waals surface area (Å²) in [7, 11) is 0. The summed E-state index contributed by atoms with van der Waals surface area (Å²) < 4.78 is 5.08. The summed E-state index contributed by atoms with van der Waals surface area (Å²) in [6.07, 6.45) is 1.44. The van der Waals surface area contributed by atoms with E-state index in [1.165, 1.54) is 6.26 Å². The molecule has 3 aromatic rings. The average molecular weight is 334 g/mol. The van der Waals surface area contributed by atoms with Crippen LogP contribution in [0, 0.1) is 13.8 Å². The van der Waals surface area contributed by atoms with Gasteiger partial charge in [0, 0.05) is 16.9 Å². The fourth-order valence-electron chi connectivity index (χ4n) is 2.33. The second kappa shape index (κ2) is 7.05. The molecule has 0 atom stereocenters. The van der Waals surface area contributed by atoms with Gasteiger partial charge in [-0.1, -0.05) is 23.8 Å². The van der Waals surface area contributed by atoms with Crippen molar-refractivity contribution in [1.29, 1.82) is 0 Å². The van der Waals surface area contributed by atoms with E-state index in [9.17, 15) is 9.59 Å². The Labute approximate surface area is 145 Å². The maximum absolute atomic E-state index is 12.4. The zero-order valence-electron chi connectivity index (χ0n) is 14.0. The third-order valence-corrected chi connectivity index (χ3v) is 3.80. The first-order valence-electron chi connectivity index (χ1n) is 7.86. The second-order valence-electron chi connectivity index (χ2n) is 5.78. The number of aryl methyl sites for hydroxylation is 2. The predicted molar refractivity (Wildman–Crippen MR) is 97.0 cm³/mol. The fourth-order valence-corrected chi connectivity index (χ4v) is 2.33. The van der Waals surface area contributed by atoms with Crippen molar-refractivity contribution in [2.75, 3.05) is 10.6 Å². The molecule has 0 aliphatic carbocycles. The van der Waals surface area contributed by atoms with Crippen molar-refractivity contribution in [3.8, 4) is 0 Å². The smallest absolute Gasteiger partial charge is 0.291 e. The van der Waals surface area contributed by atoms with Gasteiger partial charge in [0.05, 0.1) is 6.26 Å². The highest BCUT2D eigenvalue weighted by atomic mass is 16.3. The van der Waals surface area contributed by atoms with Crippen LogP contribution in [0.2, 0.25) is 0 Å². The largest absolute Gasteiger partial charge is 0.459 e. The number of carbonyl (C=O) groups excluding carboxylic acids is 2. The van der Waals surface area contributed by atoms with E-state index >= 15 is 0 Å². The van der Waals surface area contributed by atoms with Crippen molar-refractivity contribution in [2.45, 2.75) is 13.8 Å². The van der Waals surface area contributed by atoms with E-state index < -0.39 is 0 Å². The maximum Gasteiger partial charge on any atom is 0.291 e. The third kappa shape index (κ3) is 3.95. The first-order chi connectivity index (χ1) is 12.0. The molecule has 0 aliphatic rings. The van der Waals surface area contributed by atoms with Crippen LogP contribution in [0.15, 0.2) is 65.3 Å². The number of anilines is 2. The maximum atomic E-state index is 12.4. The topological polar surface area (TPSA) is 71.3 Å². The van der Waals surface area contributed by atoms with Gasteiger partial charge in [0.1, 0.15) is 0 Å². The lowest BCUT2D eigenvalue weighted by Crippen LogP contribution is -2.15. The summed E-state index contributed by atoms with van der Waals surface area (Å²) >= 11 is 0. The molecule has 3 rings (SSSR count). The predicted octanol–water partition coefficient (Wildman–Crippen LogP) is 4.40. The van der Waals surface area contributed by atoms with Crippen LogP contribution in [0.5, 0.6) is 0 Å². The van der Waals surface area contributed by atoms with Crippen LogP contribution in [-0.4, -0.2) is 11.8 Å². The molecule has 2 amide bonds. The van der Waals surface area contributed by atoms with E-state index in [0.29, 0.717) is 11.3 Å². The van der Waals surface area contributed by atoms with E-state index in [-0.39, 0.29) is 17.6 Å². The summed E-state index contributed by atoms with van der Waals surface area (Å²) in [5.74, 6) is -0.379. The molecule has 0 bridgehead atoms. The van der Waals surface area contributed by atoms with Gasteiger partial charge in [0.15, 0.2) is 5.76 Å². The molecule has 25 heavy (non-hydrogen) atoms. The number of hydrogen-bond acceptors (Lipinski definition) is 3. The molecule has 0 fully saturated rings. The Hall–Kier alpha value is -3.34. The zero-order chi connectivity index (χ0) is 17.8. The molecule has 2 N–H and O–H groups in total. The van der Waals surface area contributed by atoms with E-state index in [1.54, 1.807) is 30.3 Å². The lowest BCUT2D eigenvalue weighted by atomic mass is 10.1. The van der Waals surface area contributed by atoms with Gasteiger partial charge in [-0.2, -0.15) is 0 Å². The lowest BCUT2D eigenvalue weighted by molar-refractivity contribution is 0.0993. The Bertz CT molecular complexity index is 897. The molecule has 2 aromatic carbocycles. The summed E-state index contributed by atoms with van der Waals surface area (Å²) in [4.78, 5) is 24.6. The van der Waals surface area contributed by atoms with Crippen molar-refractivity contribution in [3.05, 3.63) is 83.3 Å². The monoisotopic (exact) mass is 334 g/mol. The van der Waals surface area contributed by atoms with E-state index in [2.05, 4.69) is 10.6 Å². The zero-order valence-corrected chi connectivity index (χ0v) is 14.0. The summed E-state index contributed by atoms with van der Waals surface area (Å²) in [6, 6.07) is 16.0. The van der Waals surface area contributed by atoms with Crippen molar-refractivity contribution in [2.24, 2.45) is 0 Å². The van der Waals surface area contributed by atoms with Gasteiger partial charge in [0.25, 0.3) is 11.8 Å². The number of carbonyl (C=O) groups is 2. The molecule has 0 aliphatic heterocycles. The highest BCUT2D eigenvalue weighted by Crippen LogP contribution is 2.19. The lowest BCUT2D eigenvalue weighted by Gasteiger charge is -2.10. The summed E-state index contributed by atoms with van der Waals surface area (Å²) in [5.41, 5.74) is 3.72. The van der Waals surface area contributed by atoms with Crippen molar-refractivity contribution in [3.63, 3.8) is 0 Å². The number of amides is 2. The Balaban J connectivity index is 1.77. The van der Waals surface area contributed by atoms with E-state index in [0.717, 1.165) is 16.8 Å². The highest BCUT2D eigenvalue weighted by molar-refractivity contribution is 6.07. The molecule has 0 saturated heterocycles. The number of nitrogens with one attached hydrogen (secondary N) is 2. The van der Waals surface area contributed by atoms with E-state index in [1.807, 2.05) is 38.1 Å². The van der Waals surface area contributed by atoms with Gasteiger partial charge in [-0.05, 0) is 55.8 Å². The molecule has 0 unspecified atom stereocenters. The van der Waals surface area contributed by atoms with Crippen LogP contribution in [0.1, 0.15) is 32.0 Å². The van der Waals surface area contributed by atoms with Gasteiger partial charge < -0.3 is 15.1 Å². The van der Waals surface area contributed by atoms with Gasteiger partial charge in [-0.15, -0.1) is 0 Å². The molecule has 126 valence electrons. The first kappa shape index (κ1) is 16.5. The average Bonchev–Trinajstić information content (AvgIpc) is 3.13. The third-order valence-electron chi connectivity index (χ3n) is 3.80. The SMILES string of the molecule is Cc1ccc(NC(=O)c2ccc(C)c(NC(=O)c3ccco3)c2)cc1. The molecule has 0 spiro atoms. The Morgan fingerprint density at radius 3 is 2.32 bits per heavy atom. The highest BCUT2D eigenvalue weighted by Gasteiger charge is 2.13. The molecule has 1 heterocycles. The molecule has 5 nitrogen and oxygen atoms in total. The molecule has 5 heteroatoms. The van der Waals surface area contributed by atoms with Gasteiger partial charge in [0.2, 0.25) is 0 Å². The standard InChI is InChI=1S/C20H18N2O3/c1-13-5-9-16(10-6-13)21-19(23)15-8-7-14(2)17(12-15)22-20(24)18-4-3-11-25-18/h3-12H,1-2H3,(H,21,23)(H,22,24). The number of rotatable bonds is 4. The molecule has 0 radical (unpaired) electrons. The van der Waals surface area contributed by atoms with Crippen LogP contribution >= 0.6 is 0 Å². The Morgan fingerprint density at radius 1 is 0.880 bits per heavy atom.